The second kappa shape index (κ2) is 7.00. The number of aliphatic hydroxyl groups excluding tert-OH is 1. The van der Waals surface area contributed by atoms with E-state index >= 15 is 0 Å². The molecule has 0 bridgehead atoms. The minimum absolute atomic E-state index is 0.170. The van der Waals surface area contributed by atoms with E-state index in [2.05, 4.69) is 15.6 Å². The highest BCUT2D eigenvalue weighted by atomic mass is 16.3. The Morgan fingerprint density at radius 3 is 2.83 bits per heavy atom. The molecule has 0 saturated carbocycles. The van der Waals surface area contributed by atoms with Gasteiger partial charge >= 0.3 is 6.03 Å². The van der Waals surface area contributed by atoms with Gasteiger partial charge in [0.15, 0.2) is 6.39 Å². The minimum atomic E-state index is -0.519. The third-order valence-electron chi connectivity index (χ3n) is 3.03. The molecule has 1 rings (SSSR count). The van der Waals surface area contributed by atoms with Crippen LogP contribution >= 0.6 is 0 Å². The van der Waals surface area contributed by atoms with E-state index in [0.29, 0.717) is 18.0 Å². The average Bonchev–Trinajstić information content (AvgIpc) is 2.77. The lowest BCUT2D eigenvalue weighted by atomic mass is 10.0. The molecule has 1 heterocycles. The van der Waals surface area contributed by atoms with Crippen LogP contribution in [0.1, 0.15) is 31.7 Å². The lowest BCUT2D eigenvalue weighted by molar-refractivity contribution is 0.114. The molecule has 0 aliphatic carbocycles. The quantitative estimate of drug-likeness (QED) is 0.712. The van der Waals surface area contributed by atoms with E-state index in [1.165, 1.54) is 6.39 Å². The zero-order chi connectivity index (χ0) is 13.5. The number of nitrogens with zero attached hydrogens (tertiary/aromatic N) is 1. The maximum absolute atomic E-state index is 11.5. The number of hydrogen-bond acceptors (Lipinski definition) is 4. The van der Waals surface area contributed by atoms with Gasteiger partial charge < -0.3 is 20.2 Å². The fourth-order valence-electron chi connectivity index (χ4n) is 1.40. The molecule has 2 unspecified atom stereocenters. The van der Waals surface area contributed by atoms with Crippen molar-refractivity contribution in [1.29, 1.82) is 0 Å². The second-order valence-corrected chi connectivity index (χ2v) is 4.37. The third-order valence-corrected chi connectivity index (χ3v) is 3.03. The van der Waals surface area contributed by atoms with Crippen LogP contribution in [0.2, 0.25) is 0 Å². The van der Waals surface area contributed by atoms with E-state index in [1.54, 1.807) is 6.92 Å². The van der Waals surface area contributed by atoms with Crippen LogP contribution in [0.3, 0.4) is 0 Å². The molecule has 2 amide bonds. The van der Waals surface area contributed by atoms with E-state index in [4.69, 9.17) is 4.42 Å². The molecule has 3 N–H and O–H groups in total. The molecular weight excluding hydrogens is 234 g/mol. The highest BCUT2D eigenvalue weighted by molar-refractivity contribution is 5.73. The number of oxazole rings is 1. The number of hydrogen-bond donors (Lipinski definition) is 3. The molecule has 0 radical (unpaired) electrons. The van der Waals surface area contributed by atoms with E-state index in [-0.39, 0.29) is 18.5 Å². The highest BCUT2D eigenvalue weighted by Gasteiger charge is 2.13. The number of carbonyl (C=O) groups excluding carboxylic acids is 1. The first kappa shape index (κ1) is 14.5. The largest absolute Gasteiger partial charge is 0.448 e. The van der Waals surface area contributed by atoms with E-state index in [0.717, 1.165) is 6.42 Å². The number of aliphatic hydroxyl groups is 1. The van der Waals surface area contributed by atoms with Gasteiger partial charge in [-0.25, -0.2) is 9.78 Å². The number of urea groups is 1. The number of nitrogens with one attached hydrogen (secondary N) is 2. The Bertz CT molecular complexity index is 378. The number of rotatable bonds is 6. The standard InChI is InChI=1S/C12H21N3O3/c1-4-8(2)11(16)6-14-12(17)13-5-10-9(3)18-7-15-10/h7-8,11,16H,4-6H2,1-3H3,(H2,13,14,17). The van der Waals surface area contributed by atoms with Crippen LogP contribution in [0.5, 0.6) is 0 Å². The average molecular weight is 255 g/mol. The third kappa shape index (κ3) is 4.37. The van der Waals surface area contributed by atoms with E-state index < -0.39 is 6.10 Å². The van der Waals surface area contributed by atoms with Crippen molar-refractivity contribution in [3.8, 4) is 0 Å². The molecule has 6 nitrogen and oxygen atoms in total. The van der Waals surface area contributed by atoms with Crippen molar-refractivity contribution in [1.82, 2.24) is 15.6 Å². The van der Waals surface area contributed by atoms with Crippen LogP contribution in [0.15, 0.2) is 10.8 Å². The van der Waals surface area contributed by atoms with Gasteiger partial charge in [0.1, 0.15) is 11.5 Å². The normalized spacial score (nSPS) is 14.0. The van der Waals surface area contributed by atoms with Gasteiger partial charge in [0.05, 0.1) is 12.6 Å². The molecule has 1 aromatic heterocycles. The Morgan fingerprint density at radius 1 is 1.56 bits per heavy atom. The highest BCUT2D eigenvalue weighted by Crippen LogP contribution is 2.06. The van der Waals surface area contributed by atoms with Crippen molar-refractivity contribution >= 4 is 6.03 Å². The minimum Gasteiger partial charge on any atom is -0.448 e. The van der Waals surface area contributed by atoms with Crippen molar-refractivity contribution in [3.05, 3.63) is 17.8 Å². The van der Waals surface area contributed by atoms with Gasteiger partial charge in [0.2, 0.25) is 0 Å². The number of aryl methyl sites for hydroxylation is 1. The summed E-state index contributed by atoms with van der Waals surface area (Å²) in [6.45, 7) is 6.30. The van der Waals surface area contributed by atoms with E-state index in [9.17, 15) is 9.90 Å². The Labute approximate surface area is 107 Å². The zero-order valence-electron chi connectivity index (χ0n) is 11.1. The van der Waals surface area contributed by atoms with Crippen LogP contribution in [0.4, 0.5) is 4.79 Å². The van der Waals surface area contributed by atoms with Crippen LogP contribution in [0, 0.1) is 12.8 Å². The Hall–Kier alpha value is -1.56. The molecule has 2 atom stereocenters. The Kier molecular flexibility index (Phi) is 5.64. The summed E-state index contributed by atoms with van der Waals surface area (Å²) in [7, 11) is 0. The summed E-state index contributed by atoms with van der Waals surface area (Å²) >= 11 is 0. The topological polar surface area (TPSA) is 87.4 Å². The lowest BCUT2D eigenvalue weighted by Crippen LogP contribution is -2.41. The van der Waals surface area contributed by atoms with Gasteiger partial charge in [-0.3, -0.25) is 0 Å². The molecule has 0 aliphatic heterocycles. The number of aromatic nitrogens is 1. The molecule has 0 saturated heterocycles. The first-order valence-corrected chi connectivity index (χ1v) is 6.13. The predicted octanol–water partition coefficient (Wildman–Crippen LogP) is 1.19. The molecular formula is C12H21N3O3. The molecule has 0 aromatic carbocycles. The second-order valence-electron chi connectivity index (χ2n) is 4.37. The van der Waals surface area contributed by atoms with Crippen molar-refractivity contribution in [2.75, 3.05) is 6.54 Å². The van der Waals surface area contributed by atoms with Crippen LogP contribution < -0.4 is 10.6 Å². The zero-order valence-corrected chi connectivity index (χ0v) is 11.1. The van der Waals surface area contributed by atoms with Gasteiger partial charge in [-0.05, 0) is 12.8 Å². The SMILES string of the molecule is CCC(C)C(O)CNC(=O)NCc1ncoc1C. The molecule has 0 spiro atoms. The number of carbonyl (C=O) groups is 1. The first-order valence-electron chi connectivity index (χ1n) is 6.13. The van der Waals surface area contributed by atoms with Gasteiger partial charge in [-0.15, -0.1) is 0 Å². The Balaban J connectivity index is 2.24. The molecule has 102 valence electrons. The van der Waals surface area contributed by atoms with Crippen molar-refractivity contribution < 1.29 is 14.3 Å². The molecule has 0 aliphatic rings. The summed E-state index contributed by atoms with van der Waals surface area (Å²) in [5, 5.41) is 15.0. The maximum atomic E-state index is 11.5. The molecule has 0 fully saturated rings. The summed E-state index contributed by atoms with van der Waals surface area (Å²) in [6.07, 6.45) is 1.70. The van der Waals surface area contributed by atoms with Crippen molar-refractivity contribution in [3.63, 3.8) is 0 Å². The number of amides is 2. The molecule has 6 heteroatoms. The van der Waals surface area contributed by atoms with Crippen LogP contribution in [0.25, 0.3) is 0 Å². The maximum Gasteiger partial charge on any atom is 0.315 e. The van der Waals surface area contributed by atoms with Gasteiger partial charge in [0.25, 0.3) is 0 Å². The van der Waals surface area contributed by atoms with Gasteiger partial charge in [-0.1, -0.05) is 20.3 Å². The van der Waals surface area contributed by atoms with Crippen LogP contribution in [-0.4, -0.2) is 28.8 Å². The monoisotopic (exact) mass is 255 g/mol. The fraction of sp³-hybridized carbons (Fsp3) is 0.667. The van der Waals surface area contributed by atoms with Crippen LogP contribution in [-0.2, 0) is 6.54 Å². The predicted molar refractivity (Wildman–Crippen MR) is 66.9 cm³/mol. The smallest absolute Gasteiger partial charge is 0.315 e. The lowest BCUT2D eigenvalue weighted by Gasteiger charge is -2.17. The summed E-state index contributed by atoms with van der Waals surface area (Å²) in [5.74, 6) is 0.859. The van der Waals surface area contributed by atoms with Crippen molar-refractivity contribution in [2.24, 2.45) is 5.92 Å². The summed E-state index contributed by atoms with van der Waals surface area (Å²) in [4.78, 5) is 15.4. The van der Waals surface area contributed by atoms with Gasteiger partial charge in [-0.2, -0.15) is 0 Å². The summed E-state index contributed by atoms with van der Waals surface area (Å²) < 4.78 is 5.02. The van der Waals surface area contributed by atoms with Crippen molar-refractivity contribution in [2.45, 2.75) is 39.8 Å². The Morgan fingerprint density at radius 2 is 2.28 bits per heavy atom. The molecule has 18 heavy (non-hydrogen) atoms. The fourth-order valence-corrected chi connectivity index (χ4v) is 1.40. The van der Waals surface area contributed by atoms with E-state index in [1.807, 2.05) is 13.8 Å². The van der Waals surface area contributed by atoms with Gasteiger partial charge in [0, 0.05) is 6.54 Å². The first-order chi connectivity index (χ1) is 8.54. The summed E-state index contributed by atoms with van der Waals surface area (Å²) in [6, 6.07) is -0.320. The molecule has 1 aromatic rings. The summed E-state index contributed by atoms with van der Waals surface area (Å²) in [5.41, 5.74) is 0.702.